The van der Waals surface area contributed by atoms with Crippen LogP contribution in [0.1, 0.15) is 18.4 Å². The number of anilines is 1. The molecule has 1 fully saturated rings. The highest BCUT2D eigenvalue weighted by molar-refractivity contribution is 7.91. The standard InChI is InChI=1S/C13H16N2O3S.ClH/c16-13(11-2-1-6-14-11)15-10-4-3-9-5-7-19(17,18)12(9)8-10;/h3-4,8,11,14H,1-2,5-7H2,(H,15,16);1H. The molecular formula is C13H17ClN2O3S. The molecule has 1 atom stereocenters. The Bertz CT molecular complexity index is 625. The monoisotopic (exact) mass is 316 g/mol. The number of amides is 1. The predicted octanol–water partition coefficient (Wildman–Crippen LogP) is 1.13. The summed E-state index contributed by atoms with van der Waals surface area (Å²) >= 11 is 0. The van der Waals surface area contributed by atoms with Gasteiger partial charge in [0.15, 0.2) is 9.84 Å². The number of carbonyl (C=O) groups excluding carboxylic acids is 1. The van der Waals surface area contributed by atoms with Crippen LogP contribution in [0.15, 0.2) is 23.1 Å². The van der Waals surface area contributed by atoms with Gasteiger partial charge in [-0.2, -0.15) is 0 Å². The molecule has 2 heterocycles. The Morgan fingerprint density at radius 3 is 2.85 bits per heavy atom. The highest BCUT2D eigenvalue weighted by atomic mass is 35.5. The second-order valence-corrected chi connectivity index (χ2v) is 7.11. The number of carbonyl (C=O) groups is 1. The lowest BCUT2D eigenvalue weighted by molar-refractivity contribution is -0.117. The summed E-state index contributed by atoms with van der Waals surface area (Å²) in [4.78, 5) is 12.3. The smallest absolute Gasteiger partial charge is 0.241 e. The van der Waals surface area contributed by atoms with Crippen LogP contribution in [0.5, 0.6) is 0 Å². The van der Waals surface area contributed by atoms with Crippen LogP contribution in [-0.2, 0) is 21.1 Å². The fourth-order valence-corrected chi connectivity index (χ4v) is 4.20. The fraction of sp³-hybridized carbons (Fsp3) is 0.462. The molecule has 0 aliphatic carbocycles. The number of rotatable bonds is 2. The van der Waals surface area contributed by atoms with Crippen molar-refractivity contribution in [3.8, 4) is 0 Å². The van der Waals surface area contributed by atoms with E-state index in [-0.39, 0.29) is 30.1 Å². The molecule has 2 aliphatic heterocycles. The van der Waals surface area contributed by atoms with Crippen molar-refractivity contribution in [1.29, 1.82) is 0 Å². The van der Waals surface area contributed by atoms with Crippen molar-refractivity contribution >= 4 is 33.8 Å². The zero-order chi connectivity index (χ0) is 13.5. The van der Waals surface area contributed by atoms with Gasteiger partial charge in [0.1, 0.15) is 0 Å². The van der Waals surface area contributed by atoms with E-state index in [0.29, 0.717) is 17.0 Å². The molecule has 0 radical (unpaired) electrons. The van der Waals surface area contributed by atoms with E-state index in [0.717, 1.165) is 24.9 Å². The first-order chi connectivity index (χ1) is 9.06. The molecule has 0 spiro atoms. The first-order valence-electron chi connectivity index (χ1n) is 6.46. The van der Waals surface area contributed by atoms with E-state index < -0.39 is 9.84 Å². The summed E-state index contributed by atoms with van der Waals surface area (Å²) < 4.78 is 23.6. The number of nitrogens with one attached hydrogen (secondary N) is 2. The van der Waals surface area contributed by atoms with Gasteiger partial charge in [0.2, 0.25) is 5.91 Å². The second-order valence-electron chi connectivity index (χ2n) is 5.03. The summed E-state index contributed by atoms with van der Waals surface area (Å²) in [5.74, 6) is 0.0806. The van der Waals surface area contributed by atoms with Crippen LogP contribution in [0.2, 0.25) is 0 Å². The normalized spacial score (nSPS) is 22.9. The maximum absolute atomic E-state index is 12.0. The minimum atomic E-state index is -3.15. The molecule has 110 valence electrons. The lowest BCUT2D eigenvalue weighted by Gasteiger charge is -2.11. The Morgan fingerprint density at radius 1 is 1.35 bits per heavy atom. The molecule has 0 aromatic heterocycles. The molecular weight excluding hydrogens is 300 g/mol. The Labute approximate surface area is 124 Å². The van der Waals surface area contributed by atoms with Crippen LogP contribution in [0.25, 0.3) is 0 Å². The van der Waals surface area contributed by atoms with Crippen molar-refractivity contribution < 1.29 is 13.2 Å². The summed E-state index contributed by atoms with van der Waals surface area (Å²) in [7, 11) is -3.15. The Hall–Kier alpha value is -1.11. The molecule has 7 heteroatoms. The van der Waals surface area contributed by atoms with Crippen LogP contribution in [0.4, 0.5) is 5.69 Å². The van der Waals surface area contributed by atoms with Gasteiger partial charge < -0.3 is 10.6 Å². The maximum Gasteiger partial charge on any atom is 0.241 e. The van der Waals surface area contributed by atoms with Crippen LogP contribution in [-0.4, -0.2) is 32.7 Å². The van der Waals surface area contributed by atoms with Crippen LogP contribution < -0.4 is 10.6 Å². The van der Waals surface area contributed by atoms with Crippen LogP contribution >= 0.6 is 12.4 Å². The average molecular weight is 317 g/mol. The van der Waals surface area contributed by atoms with Crippen molar-refractivity contribution in [2.24, 2.45) is 0 Å². The Balaban J connectivity index is 0.00000147. The lowest BCUT2D eigenvalue weighted by Crippen LogP contribution is -2.35. The quantitative estimate of drug-likeness (QED) is 0.857. The molecule has 0 saturated carbocycles. The molecule has 2 N–H and O–H groups in total. The molecule has 3 rings (SSSR count). The minimum Gasteiger partial charge on any atom is -0.325 e. The predicted molar refractivity (Wildman–Crippen MR) is 79.1 cm³/mol. The summed E-state index contributed by atoms with van der Waals surface area (Å²) in [5, 5.41) is 5.90. The number of benzene rings is 1. The number of aryl methyl sites for hydroxylation is 1. The third kappa shape index (κ3) is 2.82. The van der Waals surface area contributed by atoms with Crippen molar-refractivity contribution in [1.82, 2.24) is 5.32 Å². The third-order valence-electron chi connectivity index (χ3n) is 3.69. The van der Waals surface area contributed by atoms with Gasteiger partial charge in [-0.3, -0.25) is 4.79 Å². The number of hydrogen-bond donors (Lipinski definition) is 2. The van der Waals surface area contributed by atoms with Gasteiger partial charge in [-0.15, -0.1) is 12.4 Å². The number of hydrogen-bond acceptors (Lipinski definition) is 4. The summed E-state index contributed by atoms with van der Waals surface area (Å²) in [6.45, 7) is 0.858. The maximum atomic E-state index is 12.0. The van der Waals surface area contributed by atoms with Crippen molar-refractivity contribution in [3.05, 3.63) is 23.8 Å². The Kier molecular flexibility index (Phi) is 4.36. The lowest BCUT2D eigenvalue weighted by atomic mass is 10.1. The molecule has 5 nitrogen and oxygen atoms in total. The molecule has 20 heavy (non-hydrogen) atoms. The van der Waals surface area contributed by atoms with E-state index in [2.05, 4.69) is 10.6 Å². The molecule has 1 aromatic rings. The molecule has 1 aromatic carbocycles. The van der Waals surface area contributed by atoms with Crippen LogP contribution in [0, 0.1) is 0 Å². The van der Waals surface area contributed by atoms with E-state index in [4.69, 9.17) is 0 Å². The van der Waals surface area contributed by atoms with Crippen LogP contribution in [0.3, 0.4) is 0 Å². The van der Waals surface area contributed by atoms with Gasteiger partial charge in [0.05, 0.1) is 16.7 Å². The zero-order valence-corrected chi connectivity index (χ0v) is 12.5. The molecule has 1 unspecified atom stereocenters. The van der Waals surface area contributed by atoms with Crippen molar-refractivity contribution in [2.45, 2.75) is 30.2 Å². The van der Waals surface area contributed by atoms with Gasteiger partial charge in [0.25, 0.3) is 0 Å². The van der Waals surface area contributed by atoms with E-state index in [1.54, 1.807) is 18.2 Å². The van der Waals surface area contributed by atoms with Crippen molar-refractivity contribution in [2.75, 3.05) is 17.6 Å². The third-order valence-corrected chi connectivity index (χ3v) is 5.48. The molecule has 2 aliphatic rings. The van der Waals surface area contributed by atoms with Crippen molar-refractivity contribution in [3.63, 3.8) is 0 Å². The Morgan fingerprint density at radius 2 is 2.15 bits per heavy atom. The van der Waals surface area contributed by atoms with E-state index >= 15 is 0 Å². The first-order valence-corrected chi connectivity index (χ1v) is 8.11. The topological polar surface area (TPSA) is 75.3 Å². The van der Waals surface area contributed by atoms with E-state index in [1.165, 1.54) is 0 Å². The highest BCUT2D eigenvalue weighted by Gasteiger charge is 2.27. The molecule has 1 saturated heterocycles. The van der Waals surface area contributed by atoms with Gasteiger partial charge >= 0.3 is 0 Å². The average Bonchev–Trinajstić information content (AvgIpc) is 2.99. The largest absolute Gasteiger partial charge is 0.325 e. The van der Waals surface area contributed by atoms with Gasteiger partial charge in [0, 0.05) is 5.69 Å². The first kappa shape index (κ1) is 15.3. The molecule has 0 bridgehead atoms. The number of fused-ring (bicyclic) bond motifs is 1. The second kappa shape index (κ2) is 5.71. The summed E-state index contributed by atoms with van der Waals surface area (Å²) in [6.07, 6.45) is 2.39. The van der Waals surface area contributed by atoms with E-state index in [9.17, 15) is 13.2 Å². The summed E-state index contributed by atoms with van der Waals surface area (Å²) in [5.41, 5.74) is 1.40. The van der Waals surface area contributed by atoms with E-state index in [1.807, 2.05) is 0 Å². The highest BCUT2D eigenvalue weighted by Crippen LogP contribution is 2.28. The SMILES string of the molecule is Cl.O=C(Nc1ccc2c(c1)S(=O)(=O)CC2)C1CCCN1. The van der Waals surface area contributed by atoms with Gasteiger partial charge in [-0.05, 0) is 43.5 Å². The number of sulfone groups is 1. The zero-order valence-electron chi connectivity index (χ0n) is 10.9. The number of halogens is 1. The van der Waals surface area contributed by atoms with Gasteiger partial charge in [-0.1, -0.05) is 6.07 Å². The molecule has 1 amide bonds. The minimum absolute atomic E-state index is 0. The summed E-state index contributed by atoms with van der Waals surface area (Å²) in [6, 6.07) is 4.97. The fourth-order valence-electron chi connectivity index (χ4n) is 2.62. The van der Waals surface area contributed by atoms with Gasteiger partial charge in [-0.25, -0.2) is 8.42 Å².